The molecule has 0 radical (unpaired) electrons. The third-order valence-corrected chi connectivity index (χ3v) is 4.75. The minimum atomic E-state index is -0.350. The maximum Gasteiger partial charge on any atom is 0.337 e. The van der Waals surface area contributed by atoms with Crippen LogP contribution in [0.1, 0.15) is 32.9 Å². The number of hydrazone groups is 1. The van der Waals surface area contributed by atoms with Gasteiger partial charge in [-0.1, -0.05) is 24.3 Å². The van der Waals surface area contributed by atoms with Crippen molar-refractivity contribution in [3.63, 3.8) is 0 Å². The van der Waals surface area contributed by atoms with Crippen molar-refractivity contribution < 1.29 is 14.3 Å². The molecule has 0 atom stereocenters. The first-order valence-electron chi connectivity index (χ1n) is 9.30. The Morgan fingerprint density at radius 1 is 1.10 bits per heavy atom. The second-order valence-corrected chi connectivity index (χ2v) is 6.61. The fourth-order valence-electron chi connectivity index (χ4n) is 3.30. The molecule has 0 aliphatic carbocycles. The van der Waals surface area contributed by atoms with Gasteiger partial charge in [0, 0.05) is 28.2 Å². The van der Waals surface area contributed by atoms with E-state index in [1.807, 2.05) is 56.3 Å². The van der Waals surface area contributed by atoms with Gasteiger partial charge in [0.05, 0.1) is 32.5 Å². The molecule has 1 heterocycles. The van der Waals surface area contributed by atoms with E-state index in [0.29, 0.717) is 12.1 Å². The molecule has 0 fully saturated rings. The van der Waals surface area contributed by atoms with Crippen LogP contribution in [0.15, 0.2) is 59.7 Å². The van der Waals surface area contributed by atoms with E-state index >= 15 is 0 Å². The second-order valence-electron chi connectivity index (χ2n) is 6.61. The summed E-state index contributed by atoms with van der Waals surface area (Å²) in [6.45, 7) is 4.62. The molecule has 0 aliphatic rings. The van der Waals surface area contributed by atoms with Crippen molar-refractivity contribution in [2.75, 3.05) is 14.2 Å². The van der Waals surface area contributed by atoms with Gasteiger partial charge in [-0.05, 0) is 44.2 Å². The molecule has 150 valence electrons. The molecule has 0 aliphatic heterocycles. The lowest BCUT2D eigenvalue weighted by Crippen LogP contribution is -2.07. The summed E-state index contributed by atoms with van der Waals surface area (Å²) in [6.07, 6.45) is 1.80. The SMILES string of the molecule is COC(=O)c1cccc(-n2c(C)cc(/C=N/NCc3ccccc3OC)c2C)c1. The number of para-hydroxylation sites is 1. The lowest BCUT2D eigenvalue weighted by molar-refractivity contribution is 0.0600. The number of ether oxygens (including phenoxy) is 2. The number of hydrogen-bond donors (Lipinski definition) is 1. The largest absolute Gasteiger partial charge is 0.496 e. The number of carbonyl (C=O) groups is 1. The lowest BCUT2D eigenvalue weighted by Gasteiger charge is -2.11. The van der Waals surface area contributed by atoms with Crippen molar-refractivity contribution >= 4 is 12.2 Å². The molecule has 1 N–H and O–H groups in total. The van der Waals surface area contributed by atoms with Crippen LogP contribution in [0.5, 0.6) is 5.75 Å². The van der Waals surface area contributed by atoms with Crippen molar-refractivity contribution in [1.29, 1.82) is 0 Å². The summed E-state index contributed by atoms with van der Waals surface area (Å²) in [5.74, 6) is 0.482. The van der Waals surface area contributed by atoms with Gasteiger partial charge in [-0.2, -0.15) is 5.10 Å². The lowest BCUT2D eigenvalue weighted by atomic mass is 10.2. The quantitative estimate of drug-likeness (QED) is 0.375. The third kappa shape index (κ3) is 4.48. The Kier molecular flexibility index (Phi) is 6.34. The number of carbonyl (C=O) groups excluding carboxylic acids is 1. The Morgan fingerprint density at radius 3 is 2.66 bits per heavy atom. The number of hydrogen-bond acceptors (Lipinski definition) is 5. The van der Waals surface area contributed by atoms with Gasteiger partial charge in [0.1, 0.15) is 5.75 Å². The number of nitrogens with zero attached hydrogens (tertiary/aromatic N) is 2. The van der Waals surface area contributed by atoms with Gasteiger partial charge in [0.2, 0.25) is 0 Å². The summed E-state index contributed by atoms with van der Waals surface area (Å²) < 4.78 is 12.3. The molecule has 6 heteroatoms. The van der Waals surface area contributed by atoms with Gasteiger partial charge in [0.25, 0.3) is 0 Å². The van der Waals surface area contributed by atoms with Crippen molar-refractivity contribution in [2.45, 2.75) is 20.4 Å². The number of methoxy groups -OCH3 is 2. The normalized spacial score (nSPS) is 10.9. The first-order chi connectivity index (χ1) is 14.0. The van der Waals surface area contributed by atoms with Gasteiger partial charge in [0.15, 0.2) is 0 Å². The van der Waals surface area contributed by atoms with Crippen LogP contribution in [0.2, 0.25) is 0 Å². The highest BCUT2D eigenvalue weighted by molar-refractivity contribution is 5.90. The number of benzene rings is 2. The Morgan fingerprint density at radius 2 is 1.90 bits per heavy atom. The standard InChI is InChI=1S/C23H25N3O3/c1-16-12-20(15-25-24-14-19-8-5-6-11-22(19)28-3)17(2)26(16)21-10-7-9-18(13-21)23(27)29-4/h5-13,15,24H,14H2,1-4H3/b25-15+. The van der Waals surface area contributed by atoms with Crippen LogP contribution < -0.4 is 10.2 Å². The van der Waals surface area contributed by atoms with E-state index in [1.54, 1.807) is 19.4 Å². The van der Waals surface area contributed by atoms with Gasteiger partial charge >= 0.3 is 5.97 Å². The van der Waals surface area contributed by atoms with E-state index in [4.69, 9.17) is 9.47 Å². The third-order valence-electron chi connectivity index (χ3n) is 4.75. The summed E-state index contributed by atoms with van der Waals surface area (Å²) in [6, 6.07) is 17.3. The number of nitrogens with one attached hydrogen (secondary N) is 1. The number of aryl methyl sites for hydroxylation is 1. The van der Waals surface area contributed by atoms with E-state index in [1.165, 1.54) is 7.11 Å². The second kappa shape index (κ2) is 9.10. The van der Waals surface area contributed by atoms with Crippen molar-refractivity contribution in [3.05, 3.63) is 82.7 Å². The van der Waals surface area contributed by atoms with E-state index in [0.717, 1.165) is 34.0 Å². The molecule has 1 aromatic heterocycles. The zero-order valence-electron chi connectivity index (χ0n) is 17.1. The minimum absolute atomic E-state index is 0.350. The highest BCUT2D eigenvalue weighted by Gasteiger charge is 2.12. The molecule has 0 unspecified atom stereocenters. The van der Waals surface area contributed by atoms with Crippen LogP contribution in [0.25, 0.3) is 5.69 Å². The first kappa shape index (κ1) is 20.2. The van der Waals surface area contributed by atoms with Crippen LogP contribution in [0.3, 0.4) is 0 Å². The van der Waals surface area contributed by atoms with Crippen molar-refractivity contribution in [2.24, 2.45) is 5.10 Å². The Balaban J connectivity index is 1.77. The summed E-state index contributed by atoms with van der Waals surface area (Å²) in [5, 5.41) is 4.36. The molecule has 0 bridgehead atoms. The maximum absolute atomic E-state index is 11.8. The fraction of sp³-hybridized carbons (Fsp3) is 0.217. The van der Waals surface area contributed by atoms with Gasteiger partial charge in [-0.25, -0.2) is 4.79 Å². The minimum Gasteiger partial charge on any atom is -0.496 e. The van der Waals surface area contributed by atoms with E-state index in [9.17, 15) is 4.79 Å². The molecule has 3 aromatic rings. The summed E-state index contributed by atoms with van der Waals surface area (Å²) >= 11 is 0. The van der Waals surface area contributed by atoms with E-state index < -0.39 is 0 Å². The Bertz CT molecular complexity index is 1040. The Hall–Kier alpha value is -3.54. The summed E-state index contributed by atoms with van der Waals surface area (Å²) in [7, 11) is 3.04. The average molecular weight is 391 g/mol. The Labute approximate surface area is 170 Å². The topological polar surface area (TPSA) is 64.9 Å². The van der Waals surface area contributed by atoms with E-state index in [-0.39, 0.29) is 5.97 Å². The smallest absolute Gasteiger partial charge is 0.337 e. The number of esters is 1. The molecule has 0 amide bonds. The molecule has 6 nitrogen and oxygen atoms in total. The molecule has 29 heavy (non-hydrogen) atoms. The number of aromatic nitrogens is 1. The fourth-order valence-corrected chi connectivity index (χ4v) is 3.30. The highest BCUT2D eigenvalue weighted by Crippen LogP contribution is 2.21. The van der Waals surface area contributed by atoms with Crippen LogP contribution in [0, 0.1) is 13.8 Å². The zero-order chi connectivity index (χ0) is 20.8. The first-order valence-corrected chi connectivity index (χ1v) is 9.30. The predicted octanol–water partition coefficient (Wildman–Crippen LogP) is 4.01. The molecule has 3 rings (SSSR count). The zero-order valence-corrected chi connectivity index (χ0v) is 17.1. The monoisotopic (exact) mass is 391 g/mol. The van der Waals surface area contributed by atoms with Crippen molar-refractivity contribution in [3.8, 4) is 11.4 Å². The summed E-state index contributed by atoms with van der Waals surface area (Å²) in [5.41, 5.74) is 8.62. The predicted molar refractivity (Wildman–Crippen MR) is 114 cm³/mol. The van der Waals surface area contributed by atoms with Gasteiger partial charge < -0.3 is 19.5 Å². The summed E-state index contributed by atoms with van der Waals surface area (Å²) in [4.78, 5) is 11.8. The average Bonchev–Trinajstić information content (AvgIpc) is 3.04. The van der Waals surface area contributed by atoms with Crippen LogP contribution >= 0.6 is 0 Å². The molecule has 0 saturated heterocycles. The number of rotatable bonds is 7. The van der Waals surface area contributed by atoms with Crippen LogP contribution in [-0.4, -0.2) is 31.0 Å². The molecular weight excluding hydrogens is 366 g/mol. The molecular formula is C23H25N3O3. The molecule has 0 saturated carbocycles. The van der Waals surface area contributed by atoms with Crippen molar-refractivity contribution in [1.82, 2.24) is 9.99 Å². The van der Waals surface area contributed by atoms with Crippen LogP contribution in [-0.2, 0) is 11.3 Å². The molecule has 2 aromatic carbocycles. The van der Waals surface area contributed by atoms with Gasteiger partial charge in [-0.15, -0.1) is 0 Å². The van der Waals surface area contributed by atoms with E-state index in [2.05, 4.69) is 21.2 Å². The molecule has 0 spiro atoms. The highest BCUT2D eigenvalue weighted by atomic mass is 16.5. The van der Waals surface area contributed by atoms with Gasteiger partial charge in [-0.3, -0.25) is 0 Å². The maximum atomic E-state index is 11.8. The van der Waals surface area contributed by atoms with Crippen LogP contribution in [0.4, 0.5) is 0 Å².